The molecule has 0 saturated heterocycles. The van der Waals surface area contributed by atoms with Crippen LogP contribution in [0.25, 0.3) is 10.9 Å². The summed E-state index contributed by atoms with van der Waals surface area (Å²) in [5.41, 5.74) is 0.221. The number of nitrogens with zero attached hydrogens (tertiary/aromatic N) is 3. The highest BCUT2D eigenvalue weighted by Gasteiger charge is 2.22. The van der Waals surface area contributed by atoms with Crippen LogP contribution in [-0.4, -0.2) is 23.2 Å². The average molecular weight is 365 g/mol. The Kier molecular flexibility index (Phi) is 4.18. The van der Waals surface area contributed by atoms with E-state index in [1.807, 2.05) is 6.07 Å². The number of fused-ring (bicyclic) bond motifs is 1. The van der Waals surface area contributed by atoms with Gasteiger partial charge in [0.05, 0.1) is 6.20 Å². The molecule has 7 nitrogen and oxygen atoms in total. The highest BCUT2D eigenvalue weighted by atomic mass is 32.2. The third-order valence-corrected chi connectivity index (χ3v) is 5.10. The minimum atomic E-state index is -4.03. The van der Waals surface area contributed by atoms with Crippen LogP contribution in [0.2, 0.25) is 0 Å². The van der Waals surface area contributed by atoms with E-state index >= 15 is 0 Å². The molecule has 0 aliphatic heterocycles. The molecule has 3 aromatic rings. The molecule has 0 unspecified atom stereocenters. The molecule has 25 heavy (non-hydrogen) atoms. The Hall–Kier alpha value is -2.93. The number of H-pyrrole nitrogens is 1. The van der Waals surface area contributed by atoms with Gasteiger partial charge in [0.2, 0.25) is 0 Å². The fourth-order valence-corrected chi connectivity index (χ4v) is 3.72. The van der Waals surface area contributed by atoms with Crippen molar-refractivity contribution in [2.75, 3.05) is 4.72 Å². The minimum Gasteiger partial charge on any atom is -0.360 e. The number of hydrogen-bond donors (Lipinski definition) is 2. The molecule has 2 heterocycles. The van der Waals surface area contributed by atoms with Gasteiger partial charge in [0.1, 0.15) is 16.7 Å². The van der Waals surface area contributed by atoms with Gasteiger partial charge in [0.15, 0.2) is 5.69 Å². The summed E-state index contributed by atoms with van der Waals surface area (Å²) in [6.45, 7) is 2.18. The predicted octanol–water partition coefficient (Wildman–Crippen LogP) is 2.99. The number of alkyl halides is 2. The second-order valence-electron chi connectivity index (χ2n) is 5.20. The van der Waals surface area contributed by atoms with Crippen molar-refractivity contribution in [3.8, 4) is 6.07 Å². The van der Waals surface area contributed by atoms with Crippen LogP contribution in [0.15, 0.2) is 35.5 Å². The SMILES string of the molecule is CCn1ncc(NS(=O)(=O)c2c[nH]c3cc(C(F)F)ccc23)c1C#N. The van der Waals surface area contributed by atoms with Gasteiger partial charge in [-0.2, -0.15) is 10.4 Å². The average Bonchev–Trinajstić information content (AvgIpc) is 3.17. The van der Waals surface area contributed by atoms with E-state index in [2.05, 4.69) is 14.8 Å². The number of hydrogen-bond acceptors (Lipinski definition) is 4. The van der Waals surface area contributed by atoms with E-state index in [-0.39, 0.29) is 32.7 Å². The molecule has 0 fully saturated rings. The molecule has 1 aromatic carbocycles. The lowest BCUT2D eigenvalue weighted by molar-refractivity contribution is 0.151. The molecule has 0 spiro atoms. The van der Waals surface area contributed by atoms with Crippen LogP contribution in [0.5, 0.6) is 0 Å². The lowest BCUT2D eigenvalue weighted by Gasteiger charge is -2.06. The smallest absolute Gasteiger partial charge is 0.264 e. The largest absolute Gasteiger partial charge is 0.360 e. The van der Waals surface area contributed by atoms with Crippen LogP contribution in [-0.2, 0) is 16.6 Å². The summed E-state index contributed by atoms with van der Waals surface area (Å²) in [6, 6.07) is 5.60. The Balaban J connectivity index is 2.02. The molecule has 0 atom stereocenters. The summed E-state index contributed by atoms with van der Waals surface area (Å²) in [7, 11) is -4.03. The van der Waals surface area contributed by atoms with Crippen molar-refractivity contribution in [3.05, 3.63) is 41.9 Å². The van der Waals surface area contributed by atoms with Crippen LogP contribution in [0.1, 0.15) is 24.6 Å². The molecule has 2 aromatic heterocycles. The second-order valence-corrected chi connectivity index (χ2v) is 6.85. The van der Waals surface area contributed by atoms with Crippen molar-refractivity contribution >= 4 is 26.6 Å². The zero-order valence-electron chi connectivity index (χ0n) is 13.0. The number of benzene rings is 1. The summed E-state index contributed by atoms with van der Waals surface area (Å²) >= 11 is 0. The first-order valence-corrected chi connectivity index (χ1v) is 8.73. The van der Waals surface area contributed by atoms with Gasteiger partial charge >= 0.3 is 0 Å². The van der Waals surface area contributed by atoms with Gasteiger partial charge < -0.3 is 4.98 Å². The van der Waals surface area contributed by atoms with Gasteiger partial charge in [-0.25, -0.2) is 17.2 Å². The molecule has 0 amide bonds. The fourth-order valence-electron chi connectivity index (χ4n) is 2.49. The standard InChI is InChI=1S/C15H13F2N5O2S/c1-2-22-13(6-18)12(7-20-22)21-25(23,24)14-8-19-11-5-9(15(16)17)3-4-10(11)14/h3-5,7-8,15,19,21H,2H2,1H3. The minimum absolute atomic E-state index is 0.0582. The first kappa shape index (κ1) is 16.9. The van der Waals surface area contributed by atoms with E-state index < -0.39 is 16.4 Å². The molecular formula is C15H13F2N5O2S. The van der Waals surface area contributed by atoms with Gasteiger partial charge in [0, 0.05) is 29.2 Å². The Morgan fingerprint density at radius 3 is 2.84 bits per heavy atom. The highest BCUT2D eigenvalue weighted by molar-refractivity contribution is 7.93. The summed E-state index contributed by atoms with van der Waals surface area (Å²) in [4.78, 5) is 2.58. The van der Waals surface area contributed by atoms with Crippen molar-refractivity contribution in [3.63, 3.8) is 0 Å². The number of aryl methyl sites for hydroxylation is 1. The fraction of sp³-hybridized carbons (Fsp3) is 0.200. The molecule has 130 valence electrons. The van der Waals surface area contributed by atoms with Crippen molar-refractivity contribution < 1.29 is 17.2 Å². The lowest BCUT2D eigenvalue weighted by Crippen LogP contribution is -2.13. The number of sulfonamides is 1. The van der Waals surface area contributed by atoms with Crippen LogP contribution >= 0.6 is 0 Å². The van der Waals surface area contributed by atoms with Crippen molar-refractivity contribution in [2.45, 2.75) is 24.8 Å². The van der Waals surface area contributed by atoms with Crippen molar-refractivity contribution in [2.24, 2.45) is 0 Å². The number of aromatic amines is 1. The van der Waals surface area contributed by atoms with Crippen molar-refractivity contribution in [1.29, 1.82) is 5.26 Å². The van der Waals surface area contributed by atoms with E-state index in [9.17, 15) is 22.5 Å². The van der Waals surface area contributed by atoms with Gasteiger partial charge in [-0.3, -0.25) is 9.40 Å². The molecule has 0 radical (unpaired) electrons. The predicted molar refractivity (Wildman–Crippen MR) is 86.7 cm³/mol. The summed E-state index contributed by atoms with van der Waals surface area (Å²) in [6.07, 6.45) is -0.175. The third-order valence-electron chi connectivity index (χ3n) is 3.70. The molecule has 3 rings (SSSR count). The van der Waals surface area contributed by atoms with Crippen LogP contribution in [0, 0.1) is 11.3 Å². The van der Waals surface area contributed by atoms with E-state index in [4.69, 9.17) is 0 Å². The van der Waals surface area contributed by atoms with Crippen LogP contribution < -0.4 is 4.72 Å². The molecule has 0 bridgehead atoms. The Labute approximate surface area is 141 Å². The molecular weight excluding hydrogens is 352 g/mol. The number of nitriles is 1. The summed E-state index contributed by atoms with van der Waals surface area (Å²) in [5.74, 6) is 0. The maximum absolute atomic E-state index is 12.8. The summed E-state index contributed by atoms with van der Waals surface area (Å²) in [5, 5.41) is 13.4. The highest BCUT2D eigenvalue weighted by Crippen LogP contribution is 2.29. The van der Waals surface area contributed by atoms with Gasteiger partial charge in [-0.15, -0.1) is 0 Å². The maximum Gasteiger partial charge on any atom is 0.264 e. The Bertz CT molecular complexity index is 1080. The summed E-state index contributed by atoms with van der Waals surface area (Å²) < 4.78 is 54.5. The zero-order valence-corrected chi connectivity index (χ0v) is 13.8. The number of nitrogens with one attached hydrogen (secondary N) is 2. The molecule has 10 heteroatoms. The normalized spacial score (nSPS) is 11.8. The first-order chi connectivity index (χ1) is 11.9. The Morgan fingerprint density at radius 2 is 2.20 bits per heavy atom. The number of anilines is 1. The maximum atomic E-state index is 12.8. The second kappa shape index (κ2) is 6.18. The van der Waals surface area contributed by atoms with Crippen LogP contribution in [0.4, 0.5) is 14.5 Å². The zero-order chi connectivity index (χ0) is 18.2. The van der Waals surface area contributed by atoms with Gasteiger partial charge in [-0.05, 0) is 13.0 Å². The molecule has 0 aliphatic carbocycles. The number of aromatic nitrogens is 3. The molecule has 0 saturated carbocycles. The first-order valence-electron chi connectivity index (χ1n) is 7.25. The van der Waals surface area contributed by atoms with E-state index in [0.717, 1.165) is 0 Å². The van der Waals surface area contributed by atoms with Gasteiger partial charge in [-0.1, -0.05) is 12.1 Å². The van der Waals surface area contributed by atoms with E-state index in [0.29, 0.717) is 6.54 Å². The Morgan fingerprint density at radius 1 is 1.44 bits per heavy atom. The molecule has 0 aliphatic rings. The quantitative estimate of drug-likeness (QED) is 0.725. The number of halogens is 2. The molecule has 2 N–H and O–H groups in total. The third kappa shape index (κ3) is 2.94. The van der Waals surface area contributed by atoms with E-state index in [1.165, 1.54) is 35.3 Å². The van der Waals surface area contributed by atoms with Gasteiger partial charge in [0.25, 0.3) is 16.4 Å². The van der Waals surface area contributed by atoms with E-state index in [1.54, 1.807) is 6.92 Å². The van der Waals surface area contributed by atoms with Crippen molar-refractivity contribution in [1.82, 2.24) is 14.8 Å². The monoisotopic (exact) mass is 365 g/mol. The lowest BCUT2D eigenvalue weighted by atomic mass is 10.2. The number of rotatable bonds is 5. The topological polar surface area (TPSA) is 104 Å². The van der Waals surface area contributed by atoms with Crippen LogP contribution in [0.3, 0.4) is 0 Å².